The minimum Gasteiger partial charge on any atom is -0.338 e. The maximum Gasteiger partial charge on any atom is 0.315 e. The van der Waals surface area contributed by atoms with Crippen molar-refractivity contribution in [3.63, 3.8) is 0 Å². The van der Waals surface area contributed by atoms with E-state index in [0.717, 1.165) is 21.3 Å². The summed E-state index contributed by atoms with van der Waals surface area (Å²) in [6.45, 7) is 2.48. The van der Waals surface area contributed by atoms with Crippen LogP contribution in [0.5, 0.6) is 0 Å². The molecule has 2 amide bonds. The predicted octanol–water partition coefficient (Wildman–Crippen LogP) is 3.40. The molecule has 2 N–H and O–H groups in total. The number of urea groups is 1. The zero-order valence-corrected chi connectivity index (χ0v) is 12.7. The van der Waals surface area contributed by atoms with Gasteiger partial charge in [0.05, 0.1) is 16.1 Å². The lowest BCUT2D eigenvalue weighted by molar-refractivity contribution is 0.238. The lowest BCUT2D eigenvalue weighted by atomic mass is 10.2. The summed E-state index contributed by atoms with van der Waals surface area (Å²) in [7, 11) is 0. The summed E-state index contributed by atoms with van der Waals surface area (Å²) >= 11 is 7.38. The second-order valence-electron chi connectivity index (χ2n) is 4.33. The van der Waals surface area contributed by atoms with Crippen LogP contribution in [0.25, 0.3) is 0 Å². The molecular formula is C14H16ClN3OS. The fraction of sp³-hybridized carbons (Fsp3) is 0.286. The lowest BCUT2D eigenvalue weighted by Crippen LogP contribution is -2.38. The summed E-state index contributed by atoms with van der Waals surface area (Å²) in [5.74, 6) is 0. The third-order valence-corrected chi connectivity index (χ3v) is 4.06. The molecule has 0 spiro atoms. The standard InChI is InChI=1S/C14H16ClN3OS/c1-10(12-4-2-3-8-16-12)18-14(19)17-9-7-11-5-6-13(15)20-11/h2-6,8,10H,7,9H2,1H3,(H2,17,18,19)/t10-/m1/s1. The molecule has 0 bridgehead atoms. The highest BCUT2D eigenvalue weighted by Gasteiger charge is 2.09. The van der Waals surface area contributed by atoms with Crippen LogP contribution >= 0.6 is 22.9 Å². The van der Waals surface area contributed by atoms with Crippen LogP contribution in [0, 0.1) is 0 Å². The zero-order valence-electron chi connectivity index (χ0n) is 11.1. The molecule has 0 aliphatic carbocycles. The Kier molecular flexibility index (Phi) is 5.38. The van der Waals surface area contributed by atoms with Gasteiger partial charge in [-0.2, -0.15) is 0 Å². The first kappa shape index (κ1) is 14.8. The van der Waals surface area contributed by atoms with Crippen molar-refractivity contribution in [2.24, 2.45) is 0 Å². The largest absolute Gasteiger partial charge is 0.338 e. The van der Waals surface area contributed by atoms with Crippen molar-refractivity contribution in [3.05, 3.63) is 51.4 Å². The van der Waals surface area contributed by atoms with E-state index >= 15 is 0 Å². The maximum atomic E-state index is 11.7. The van der Waals surface area contributed by atoms with E-state index in [9.17, 15) is 4.79 Å². The Bertz CT molecular complexity index is 559. The number of hydrogen-bond acceptors (Lipinski definition) is 3. The van der Waals surface area contributed by atoms with E-state index in [1.807, 2.05) is 37.3 Å². The molecule has 2 aromatic heterocycles. The first-order chi connectivity index (χ1) is 9.65. The van der Waals surface area contributed by atoms with Gasteiger partial charge in [-0.25, -0.2) is 4.79 Å². The number of amides is 2. The van der Waals surface area contributed by atoms with Crippen LogP contribution in [-0.2, 0) is 6.42 Å². The molecule has 0 aromatic carbocycles. The molecule has 106 valence electrons. The predicted molar refractivity (Wildman–Crippen MR) is 82.2 cm³/mol. The van der Waals surface area contributed by atoms with E-state index in [1.165, 1.54) is 11.3 Å². The molecule has 0 fully saturated rings. The zero-order chi connectivity index (χ0) is 14.4. The fourth-order valence-electron chi connectivity index (χ4n) is 1.74. The van der Waals surface area contributed by atoms with Gasteiger partial charge in [0.1, 0.15) is 0 Å². The number of hydrogen-bond donors (Lipinski definition) is 2. The molecule has 0 aliphatic rings. The van der Waals surface area contributed by atoms with E-state index in [4.69, 9.17) is 11.6 Å². The minimum absolute atomic E-state index is 0.118. The highest BCUT2D eigenvalue weighted by Crippen LogP contribution is 2.21. The molecule has 6 heteroatoms. The van der Waals surface area contributed by atoms with Crippen molar-refractivity contribution < 1.29 is 4.79 Å². The van der Waals surface area contributed by atoms with Crippen LogP contribution < -0.4 is 10.6 Å². The second kappa shape index (κ2) is 7.26. The van der Waals surface area contributed by atoms with Gasteiger partial charge in [0.15, 0.2) is 0 Å². The van der Waals surface area contributed by atoms with Gasteiger partial charge in [-0.1, -0.05) is 17.7 Å². The lowest BCUT2D eigenvalue weighted by Gasteiger charge is -2.13. The number of carbonyl (C=O) groups is 1. The third-order valence-electron chi connectivity index (χ3n) is 2.76. The van der Waals surface area contributed by atoms with Gasteiger partial charge in [-0.05, 0) is 37.6 Å². The van der Waals surface area contributed by atoms with Crippen LogP contribution in [0.15, 0.2) is 36.5 Å². The van der Waals surface area contributed by atoms with Crippen molar-refractivity contribution in [3.8, 4) is 0 Å². The number of halogens is 1. The molecule has 1 atom stereocenters. The van der Waals surface area contributed by atoms with Crippen LogP contribution in [0.3, 0.4) is 0 Å². The monoisotopic (exact) mass is 309 g/mol. The number of nitrogens with one attached hydrogen (secondary N) is 2. The smallest absolute Gasteiger partial charge is 0.315 e. The molecule has 2 rings (SSSR count). The average molecular weight is 310 g/mol. The topological polar surface area (TPSA) is 54.0 Å². The molecule has 0 unspecified atom stereocenters. The molecule has 0 saturated heterocycles. The highest BCUT2D eigenvalue weighted by atomic mass is 35.5. The van der Waals surface area contributed by atoms with E-state index in [-0.39, 0.29) is 12.1 Å². The van der Waals surface area contributed by atoms with Gasteiger partial charge in [0, 0.05) is 17.6 Å². The normalized spacial score (nSPS) is 11.9. The number of thiophene rings is 1. The summed E-state index contributed by atoms with van der Waals surface area (Å²) in [5, 5.41) is 5.68. The van der Waals surface area contributed by atoms with E-state index in [1.54, 1.807) is 6.20 Å². The van der Waals surface area contributed by atoms with Gasteiger partial charge < -0.3 is 10.6 Å². The van der Waals surface area contributed by atoms with Crippen molar-refractivity contribution in [2.75, 3.05) is 6.54 Å². The van der Waals surface area contributed by atoms with Crippen molar-refractivity contribution in [1.29, 1.82) is 0 Å². The van der Waals surface area contributed by atoms with Crippen molar-refractivity contribution in [2.45, 2.75) is 19.4 Å². The van der Waals surface area contributed by atoms with Crippen molar-refractivity contribution in [1.82, 2.24) is 15.6 Å². The molecule has 4 nitrogen and oxygen atoms in total. The van der Waals surface area contributed by atoms with Gasteiger partial charge >= 0.3 is 6.03 Å². The number of nitrogens with zero attached hydrogens (tertiary/aromatic N) is 1. The van der Waals surface area contributed by atoms with E-state index in [0.29, 0.717) is 6.54 Å². The Morgan fingerprint density at radius 2 is 2.25 bits per heavy atom. The molecule has 20 heavy (non-hydrogen) atoms. The van der Waals surface area contributed by atoms with E-state index in [2.05, 4.69) is 15.6 Å². The van der Waals surface area contributed by atoms with Gasteiger partial charge in [-0.15, -0.1) is 11.3 Å². The summed E-state index contributed by atoms with van der Waals surface area (Å²) < 4.78 is 0.772. The number of pyridine rings is 1. The molecule has 0 aliphatic heterocycles. The highest BCUT2D eigenvalue weighted by molar-refractivity contribution is 7.16. The Morgan fingerprint density at radius 1 is 1.40 bits per heavy atom. The Hall–Kier alpha value is -1.59. The van der Waals surface area contributed by atoms with Gasteiger partial charge in [0.25, 0.3) is 0 Å². The summed E-state index contributed by atoms with van der Waals surface area (Å²) in [6.07, 6.45) is 2.49. The summed E-state index contributed by atoms with van der Waals surface area (Å²) in [4.78, 5) is 17.1. The first-order valence-corrected chi connectivity index (χ1v) is 7.54. The van der Waals surface area contributed by atoms with Gasteiger partial charge in [0.2, 0.25) is 0 Å². The minimum atomic E-state index is -0.189. The number of aromatic nitrogens is 1. The Morgan fingerprint density at radius 3 is 2.90 bits per heavy atom. The van der Waals surface area contributed by atoms with Crippen LogP contribution in [0.1, 0.15) is 23.5 Å². The Balaban J connectivity index is 1.73. The van der Waals surface area contributed by atoms with Crippen molar-refractivity contribution >= 4 is 29.0 Å². The summed E-state index contributed by atoms with van der Waals surface area (Å²) in [6, 6.07) is 9.17. The average Bonchev–Trinajstić information content (AvgIpc) is 2.85. The van der Waals surface area contributed by atoms with Crippen LogP contribution in [-0.4, -0.2) is 17.6 Å². The molecule has 2 heterocycles. The molecule has 0 radical (unpaired) electrons. The maximum absolute atomic E-state index is 11.7. The molecule has 0 saturated carbocycles. The second-order valence-corrected chi connectivity index (χ2v) is 6.13. The summed E-state index contributed by atoms with van der Waals surface area (Å²) in [5.41, 5.74) is 0.840. The number of rotatable bonds is 5. The number of carbonyl (C=O) groups excluding carboxylic acids is 1. The molecular weight excluding hydrogens is 294 g/mol. The third kappa shape index (κ3) is 4.51. The SMILES string of the molecule is C[C@@H](NC(=O)NCCc1ccc(Cl)s1)c1ccccn1. The quantitative estimate of drug-likeness (QED) is 0.889. The fourth-order valence-corrected chi connectivity index (χ4v) is 2.83. The Labute approximate surface area is 127 Å². The van der Waals surface area contributed by atoms with Crippen LogP contribution in [0.4, 0.5) is 4.79 Å². The van der Waals surface area contributed by atoms with E-state index < -0.39 is 0 Å². The molecule has 2 aromatic rings. The van der Waals surface area contributed by atoms with Gasteiger partial charge in [-0.3, -0.25) is 4.98 Å². The first-order valence-electron chi connectivity index (χ1n) is 6.34. The van der Waals surface area contributed by atoms with Crippen LogP contribution in [0.2, 0.25) is 4.34 Å².